The number of Topliss-reactive ketones (excluding diaryl/α,β-unsaturated/α-hetero) is 1. The van der Waals surface area contributed by atoms with Crippen molar-refractivity contribution in [2.45, 2.75) is 25.0 Å². The summed E-state index contributed by atoms with van der Waals surface area (Å²) in [5.41, 5.74) is 1.98. The second kappa shape index (κ2) is 8.51. The van der Waals surface area contributed by atoms with Crippen LogP contribution in [-0.4, -0.2) is 55.0 Å². The molecule has 2 aliphatic heterocycles. The lowest BCUT2D eigenvalue weighted by Gasteiger charge is -2.28. The average molecular weight is 424 g/mol. The number of benzene rings is 2. The van der Waals surface area contributed by atoms with Crippen LogP contribution in [0.5, 0.6) is 0 Å². The number of ether oxygens (including phenoxy) is 1. The highest BCUT2D eigenvalue weighted by molar-refractivity contribution is 6.46. The van der Waals surface area contributed by atoms with Crippen LogP contribution in [0.1, 0.15) is 30.0 Å². The van der Waals surface area contributed by atoms with Crippen LogP contribution in [0.3, 0.4) is 0 Å². The van der Waals surface area contributed by atoms with Crippen LogP contribution in [0.25, 0.3) is 5.76 Å². The highest BCUT2D eigenvalue weighted by atomic mass is 19.1. The third-order valence-electron chi connectivity index (χ3n) is 5.81. The second-order valence-corrected chi connectivity index (χ2v) is 8.08. The van der Waals surface area contributed by atoms with Gasteiger partial charge in [0.2, 0.25) is 0 Å². The molecule has 162 valence electrons. The molecule has 31 heavy (non-hydrogen) atoms. The summed E-state index contributed by atoms with van der Waals surface area (Å²) in [5.74, 6) is -2.18. The molecule has 2 aromatic rings. The van der Waals surface area contributed by atoms with Crippen LogP contribution >= 0.6 is 0 Å². The molecule has 2 heterocycles. The molecular formula is C24H25FN2O4. The van der Waals surface area contributed by atoms with Crippen molar-refractivity contribution >= 4 is 23.1 Å². The normalized spacial score (nSPS) is 22.9. The van der Waals surface area contributed by atoms with E-state index >= 15 is 0 Å². The largest absolute Gasteiger partial charge is 0.507 e. The van der Waals surface area contributed by atoms with Crippen LogP contribution in [0.15, 0.2) is 54.1 Å². The van der Waals surface area contributed by atoms with Crippen molar-refractivity contribution < 1.29 is 23.8 Å². The Balaban J connectivity index is 1.80. The Morgan fingerprint density at radius 2 is 1.81 bits per heavy atom. The van der Waals surface area contributed by atoms with Crippen molar-refractivity contribution in [3.8, 4) is 0 Å². The topological polar surface area (TPSA) is 70.1 Å². The first-order chi connectivity index (χ1) is 14.9. The fraction of sp³-hybridized carbons (Fsp3) is 0.333. The molecule has 2 saturated heterocycles. The van der Waals surface area contributed by atoms with Gasteiger partial charge in [0.15, 0.2) is 0 Å². The summed E-state index contributed by atoms with van der Waals surface area (Å²) in [6.45, 7) is 0.900. The van der Waals surface area contributed by atoms with Crippen molar-refractivity contribution in [1.29, 1.82) is 0 Å². The van der Waals surface area contributed by atoms with Gasteiger partial charge in [-0.15, -0.1) is 0 Å². The van der Waals surface area contributed by atoms with E-state index in [9.17, 15) is 19.1 Å². The summed E-state index contributed by atoms with van der Waals surface area (Å²) < 4.78 is 19.0. The summed E-state index contributed by atoms with van der Waals surface area (Å²) in [6.07, 6.45) is 1.58. The number of aliphatic hydroxyl groups excluding tert-OH is 1. The monoisotopic (exact) mass is 424 g/mol. The van der Waals surface area contributed by atoms with E-state index in [0.717, 1.165) is 18.5 Å². The third-order valence-corrected chi connectivity index (χ3v) is 5.81. The predicted octanol–water partition coefficient (Wildman–Crippen LogP) is 3.49. The molecule has 0 bridgehead atoms. The van der Waals surface area contributed by atoms with Crippen LogP contribution in [0.2, 0.25) is 0 Å². The number of likely N-dealkylation sites (tertiary alicyclic amines) is 1. The number of halogens is 1. The highest BCUT2D eigenvalue weighted by Crippen LogP contribution is 2.40. The number of hydrogen-bond acceptors (Lipinski definition) is 5. The van der Waals surface area contributed by atoms with E-state index in [-0.39, 0.29) is 29.5 Å². The summed E-state index contributed by atoms with van der Waals surface area (Å²) >= 11 is 0. The molecule has 7 heteroatoms. The number of hydrogen-bond donors (Lipinski definition) is 1. The molecule has 0 saturated carbocycles. The fourth-order valence-corrected chi connectivity index (χ4v) is 4.14. The Hall–Kier alpha value is -3.19. The second-order valence-electron chi connectivity index (χ2n) is 8.08. The molecule has 2 aliphatic rings. The lowest BCUT2D eigenvalue weighted by Crippen LogP contribution is -2.36. The molecule has 4 rings (SSSR count). The minimum atomic E-state index is -0.749. The summed E-state index contributed by atoms with van der Waals surface area (Å²) in [5, 5.41) is 11.0. The molecule has 0 unspecified atom stereocenters. The van der Waals surface area contributed by atoms with Gasteiger partial charge < -0.3 is 19.6 Å². The first kappa shape index (κ1) is 21.1. The molecule has 0 spiro atoms. The van der Waals surface area contributed by atoms with E-state index in [1.165, 1.54) is 29.2 Å². The average Bonchev–Trinajstić information content (AvgIpc) is 3.36. The first-order valence-corrected chi connectivity index (χ1v) is 10.3. The van der Waals surface area contributed by atoms with Gasteiger partial charge in [-0.3, -0.25) is 9.59 Å². The smallest absolute Gasteiger partial charge is 0.295 e. The van der Waals surface area contributed by atoms with Crippen molar-refractivity contribution in [1.82, 2.24) is 4.90 Å². The van der Waals surface area contributed by atoms with Gasteiger partial charge in [0.25, 0.3) is 11.7 Å². The molecule has 2 atom stereocenters. The van der Waals surface area contributed by atoms with E-state index in [1.54, 1.807) is 0 Å². The van der Waals surface area contributed by atoms with E-state index in [4.69, 9.17) is 4.74 Å². The molecule has 6 nitrogen and oxygen atoms in total. The Bertz CT molecular complexity index is 1010. The van der Waals surface area contributed by atoms with Gasteiger partial charge in [-0.05, 0) is 54.8 Å². The zero-order valence-electron chi connectivity index (χ0n) is 17.5. The maximum absolute atomic E-state index is 13.4. The fourth-order valence-electron chi connectivity index (χ4n) is 4.14. The quantitative estimate of drug-likeness (QED) is 0.452. The van der Waals surface area contributed by atoms with Gasteiger partial charge in [0.05, 0.1) is 17.7 Å². The summed E-state index contributed by atoms with van der Waals surface area (Å²) in [4.78, 5) is 29.4. The Kier molecular flexibility index (Phi) is 5.78. The minimum absolute atomic E-state index is 0.00667. The molecule has 1 N–H and O–H groups in total. The van der Waals surface area contributed by atoms with Crippen LogP contribution in [0.4, 0.5) is 10.1 Å². The number of aliphatic hydroxyl groups is 1. The standard InChI is InChI=1S/C24H25FN2O4/c1-26(2)18-11-7-15(8-12-18)21-20(22(28)16-5-9-17(25)10-6-16)23(29)24(30)27(21)14-19-4-3-13-31-19/h5-12,19,21,28H,3-4,13-14H2,1-2H3/t19-,21-/m0/s1. The molecule has 2 aromatic carbocycles. The van der Waals surface area contributed by atoms with Crippen LogP contribution in [0, 0.1) is 5.82 Å². The lowest BCUT2D eigenvalue weighted by atomic mass is 9.95. The Labute approximate surface area is 180 Å². The molecule has 0 aromatic heterocycles. The van der Waals surface area contributed by atoms with E-state index < -0.39 is 23.5 Å². The Morgan fingerprint density at radius 1 is 1.13 bits per heavy atom. The zero-order valence-corrected chi connectivity index (χ0v) is 17.5. The maximum Gasteiger partial charge on any atom is 0.295 e. The molecule has 0 radical (unpaired) electrons. The lowest BCUT2D eigenvalue weighted by molar-refractivity contribution is -0.140. The molecule has 2 fully saturated rings. The van der Waals surface area contributed by atoms with E-state index in [2.05, 4.69) is 0 Å². The van der Waals surface area contributed by atoms with E-state index in [1.807, 2.05) is 43.3 Å². The highest BCUT2D eigenvalue weighted by Gasteiger charge is 2.47. The first-order valence-electron chi connectivity index (χ1n) is 10.3. The molecule has 0 aliphatic carbocycles. The zero-order chi connectivity index (χ0) is 22.1. The summed E-state index contributed by atoms with van der Waals surface area (Å²) in [7, 11) is 3.85. The van der Waals surface area contributed by atoms with Gasteiger partial charge >= 0.3 is 0 Å². The van der Waals surface area contributed by atoms with Gasteiger partial charge in [0, 0.05) is 38.5 Å². The summed E-state index contributed by atoms with van der Waals surface area (Å²) in [6, 6.07) is 12.0. The molecule has 1 amide bonds. The number of ketones is 1. The number of amides is 1. The molecular weight excluding hydrogens is 399 g/mol. The van der Waals surface area contributed by atoms with Crippen molar-refractivity contribution in [3.63, 3.8) is 0 Å². The third kappa shape index (κ3) is 4.05. The van der Waals surface area contributed by atoms with Gasteiger partial charge in [-0.1, -0.05) is 12.1 Å². The van der Waals surface area contributed by atoms with Crippen molar-refractivity contribution in [3.05, 3.63) is 71.0 Å². The Morgan fingerprint density at radius 3 is 2.39 bits per heavy atom. The van der Waals surface area contributed by atoms with Crippen molar-refractivity contribution in [2.24, 2.45) is 0 Å². The number of carbonyl (C=O) groups excluding carboxylic acids is 2. The number of anilines is 1. The number of carbonyl (C=O) groups is 2. The van der Waals surface area contributed by atoms with Gasteiger partial charge in [0.1, 0.15) is 11.6 Å². The number of rotatable bonds is 5. The predicted molar refractivity (Wildman–Crippen MR) is 115 cm³/mol. The number of nitrogens with zero attached hydrogens (tertiary/aromatic N) is 2. The van der Waals surface area contributed by atoms with Crippen molar-refractivity contribution in [2.75, 3.05) is 32.1 Å². The van der Waals surface area contributed by atoms with Gasteiger partial charge in [-0.25, -0.2) is 4.39 Å². The maximum atomic E-state index is 13.4. The van der Waals surface area contributed by atoms with Crippen LogP contribution in [-0.2, 0) is 14.3 Å². The van der Waals surface area contributed by atoms with Gasteiger partial charge in [-0.2, -0.15) is 0 Å². The minimum Gasteiger partial charge on any atom is -0.507 e. The van der Waals surface area contributed by atoms with E-state index in [0.29, 0.717) is 12.2 Å². The van der Waals surface area contributed by atoms with Crippen LogP contribution < -0.4 is 4.90 Å². The SMILES string of the molecule is CN(C)c1ccc([C@H]2C(=C(O)c3ccc(F)cc3)C(=O)C(=O)N2C[C@@H]2CCCO2)cc1.